The first kappa shape index (κ1) is 10.5. The number of nitriles is 2. The van der Waals surface area contributed by atoms with Gasteiger partial charge < -0.3 is 0 Å². The number of halogens is 2. The second kappa shape index (κ2) is 4.57. The summed E-state index contributed by atoms with van der Waals surface area (Å²) in [4.78, 5) is 6.87. The molecule has 1 rings (SSSR count). The maximum Gasteiger partial charge on any atom is 0.206 e. The Hall–Kier alpha value is -1.62. The van der Waals surface area contributed by atoms with E-state index in [2.05, 4.69) is 9.98 Å². The maximum atomic E-state index is 8.31. The predicted molar refractivity (Wildman–Crippen MR) is 54.0 cm³/mol. The van der Waals surface area contributed by atoms with E-state index in [1.807, 2.05) is 0 Å². The number of aliphatic imine (C=N–C) groups is 2. The van der Waals surface area contributed by atoms with E-state index < -0.39 is 0 Å². The molecule has 0 unspecified atom stereocenters. The molecule has 0 atom stereocenters. The third-order valence-electron chi connectivity index (χ3n) is 1.36. The van der Waals surface area contributed by atoms with Gasteiger partial charge in [0.1, 0.15) is 0 Å². The molecule has 68 valence electrons. The Morgan fingerprint density at radius 2 is 1.29 bits per heavy atom. The van der Waals surface area contributed by atoms with Crippen LogP contribution in [-0.2, 0) is 0 Å². The van der Waals surface area contributed by atoms with Crippen molar-refractivity contribution in [2.75, 3.05) is 0 Å². The summed E-state index contributed by atoms with van der Waals surface area (Å²) >= 11 is 11.5. The zero-order valence-corrected chi connectivity index (χ0v) is 8.21. The van der Waals surface area contributed by atoms with E-state index in [9.17, 15) is 0 Å². The van der Waals surface area contributed by atoms with Crippen LogP contribution in [0.2, 0.25) is 0 Å². The third kappa shape index (κ3) is 2.20. The molecule has 0 saturated carbocycles. The van der Waals surface area contributed by atoms with Crippen LogP contribution in [-0.4, -0.2) is 11.4 Å². The Morgan fingerprint density at radius 1 is 0.929 bits per heavy atom. The first-order chi connectivity index (χ1) is 6.69. The highest BCUT2D eigenvalue weighted by Gasteiger charge is 2.14. The van der Waals surface area contributed by atoms with E-state index >= 15 is 0 Å². The molecule has 1 aliphatic carbocycles. The zero-order valence-electron chi connectivity index (χ0n) is 6.70. The molecule has 0 aromatic rings. The lowest BCUT2D eigenvalue weighted by Crippen LogP contribution is -2.07. The minimum absolute atomic E-state index is 0.227. The van der Waals surface area contributed by atoms with Crippen molar-refractivity contribution < 1.29 is 0 Å². The van der Waals surface area contributed by atoms with Crippen LogP contribution in [0.1, 0.15) is 0 Å². The molecule has 0 aromatic carbocycles. The molecule has 0 aliphatic heterocycles. The minimum Gasteiger partial charge on any atom is -0.172 e. The highest BCUT2D eigenvalue weighted by molar-refractivity contribution is 6.55. The van der Waals surface area contributed by atoms with Gasteiger partial charge in [-0.05, 0) is 12.2 Å². The van der Waals surface area contributed by atoms with Crippen LogP contribution in [0, 0.1) is 22.9 Å². The fraction of sp³-hybridized carbons (Fsp3) is 0. The molecule has 0 spiro atoms. The van der Waals surface area contributed by atoms with Crippen LogP contribution in [0.15, 0.2) is 32.2 Å². The van der Waals surface area contributed by atoms with Crippen molar-refractivity contribution in [1.29, 1.82) is 10.5 Å². The van der Waals surface area contributed by atoms with Gasteiger partial charge in [0.2, 0.25) is 12.4 Å². The molecule has 0 saturated heterocycles. The van der Waals surface area contributed by atoms with Crippen molar-refractivity contribution in [1.82, 2.24) is 0 Å². The normalized spacial score (nSPS) is 21.1. The molecule has 0 N–H and O–H groups in total. The molecule has 0 heterocycles. The van der Waals surface area contributed by atoms with Crippen molar-refractivity contribution in [3.63, 3.8) is 0 Å². The van der Waals surface area contributed by atoms with Gasteiger partial charge >= 0.3 is 0 Å². The molecule has 1 aliphatic rings. The molecule has 0 aromatic heterocycles. The fourth-order valence-electron chi connectivity index (χ4n) is 0.805. The molecule has 4 nitrogen and oxygen atoms in total. The number of hydrogen-bond acceptors (Lipinski definition) is 4. The van der Waals surface area contributed by atoms with Crippen LogP contribution >= 0.6 is 23.2 Å². The quantitative estimate of drug-likeness (QED) is 0.467. The predicted octanol–water partition coefficient (Wildman–Crippen LogP) is 2.09. The number of nitrogens with zero attached hydrogens (tertiary/aromatic N) is 4. The van der Waals surface area contributed by atoms with Gasteiger partial charge in [-0.15, -0.1) is 0 Å². The topological polar surface area (TPSA) is 72.3 Å². The standard InChI is InChI=1S/C8H2Cl2N4/c9-5-1-7(13-3-11)6(10)2-8(5)14-4-12/h1-2H/b13-7+,14-8+. The molecule has 14 heavy (non-hydrogen) atoms. The summed E-state index contributed by atoms with van der Waals surface area (Å²) in [6, 6.07) is 0. The SMILES string of the molecule is N#C/N=C1C=C(Cl)/C(=N/C#N)C=C\1Cl. The lowest BCUT2D eigenvalue weighted by Gasteiger charge is -2.06. The molecule has 0 bridgehead atoms. The smallest absolute Gasteiger partial charge is 0.172 e. The van der Waals surface area contributed by atoms with E-state index in [-0.39, 0.29) is 21.5 Å². The molecule has 0 fully saturated rings. The molecule has 0 amide bonds. The third-order valence-corrected chi connectivity index (χ3v) is 1.96. The van der Waals surface area contributed by atoms with Crippen LogP contribution < -0.4 is 0 Å². The van der Waals surface area contributed by atoms with Crippen molar-refractivity contribution in [2.24, 2.45) is 9.98 Å². The summed E-state index contributed by atoms with van der Waals surface area (Å²) in [5.41, 5.74) is 0.520. The van der Waals surface area contributed by atoms with Crippen molar-refractivity contribution >= 4 is 34.6 Å². The first-order valence-electron chi connectivity index (χ1n) is 3.37. The molecule has 6 heteroatoms. The van der Waals surface area contributed by atoms with Gasteiger partial charge in [0.25, 0.3) is 0 Å². The number of rotatable bonds is 0. The van der Waals surface area contributed by atoms with Crippen LogP contribution in [0.4, 0.5) is 0 Å². The van der Waals surface area contributed by atoms with Crippen LogP contribution in [0.5, 0.6) is 0 Å². The Balaban J connectivity index is 3.17. The Labute approximate surface area is 90.1 Å². The van der Waals surface area contributed by atoms with Crippen molar-refractivity contribution in [3.8, 4) is 12.4 Å². The van der Waals surface area contributed by atoms with Crippen LogP contribution in [0.25, 0.3) is 0 Å². The number of hydrogen-bond donors (Lipinski definition) is 0. The summed E-state index contributed by atoms with van der Waals surface area (Å²) in [6.07, 6.45) is 5.94. The monoisotopic (exact) mass is 224 g/mol. The second-order valence-corrected chi connectivity index (χ2v) is 2.99. The van der Waals surface area contributed by atoms with Gasteiger partial charge in [-0.2, -0.15) is 20.5 Å². The van der Waals surface area contributed by atoms with Gasteiger partial charge in [0.15, 0.2) is 0 Å². The largest absolute Gasteiger partial charge is 0.206 e. The minimum atomic E-state index is 0.227. The highest BCUT2D eigenvalue weighted by atomic mass is 35.5. The second-order valence-electron chi connectivity index (χ2n) is 2.18. The van der Waals surface area contributed by atoms with E-state index in [1.165, 1.54) is 12.2 Å². The van der Waals surface area contributed by atoms with Gasteiger partial charge in [-0.1, -0.05) is 23.2 Å². The molecular weight excluding hydrogens is 223 g/mol. The van der Waals surface area contributed by atoms with Crippen molar-refractivity contribution in [2.45, 2.75) is 0 Å². The van der Waals surface area contributed by atoms with Gasteiger partial charge in [0.05, 0.1) is 21.5 Å². The van der Waals surface area contributed by atoms with E-state index in [0.29, 0.717) is 0 Å². The summed E-state index contributed by atoms with van der Waals surface area (Å²) < 4.78 is 0. The average molecular weight is 225 g/mol. The lowest BCUT2D eigenvalue weighted by atomic mass is 10.1. The van der Waals surface area contributed by atoms with Crippen molar-refractivity contribution in [3.05, 3.63) is 22.2 Å². The van der Waals surface area contributed by atoms with E-state index in [4.69, 9.17) is 33.7 Å². The van der Waals surface area contributed by atoms with Gasteiger partial charge in [-0.3, -0.25) is 0 Å². The van der Waals surface area contributed by atoms with Gasteiger partial charge in [-0.25, -0.2) is 0 Å². The molecule has 0 radical (unpaired) electrons. The van der Waals surface area contributed by atoms with Gasteiger partial charge in [0, 0.05) is 0 Å². The molecular formula is C8H2Cl2N4. The summed E-state index contributed by atoms with van der Waals surface area (Å²) in [5, 5.41) is 17.1. The average Bonchev–Trinajstić information content (AvgIpc) is 2.14. The summed E-state index contributed by atoms with van der Waals surface area (Å²) in [7, 11) is 0. The Bertz CT molecular complexity index is 413. The maximum absolute atomic E-state index is 8.31. The van der Waals surface area contributed by atoms with E-state index in [1.54, 1.807) is 12.4 Å². The summed E-state index contributed by atoms with van der Waals surface area (Å²) in [6.45, 7) is 0. The zero-order chi connectivity index (χ0) is 10.6. The fourth-order valence-corrected chi connectivity index (χ4v) is 1.21. The lowest BCUT2D eigenvalue weighted by molar-refractivity contribution is 1.43. The highest BCUT2D eigenvalue weighted by Crippen LogP contribution is 2.19. The van der Waals surface area contributed by atoms with E-state index in [0.717, 1.165) is 0 Å². The first-order valence-corrected chi connectivity index (χ1v) is 4.13. The summed E-state index contributed by atoms with van der Waals surface area (Å²) in [5.74, 6) is 0. The van der Waals surface area contributed by atoms with Crippen LogP contribution in [0.3, 0.4) is 0 Å². The number of allylic oxidation sites excluding steroid dienone is 4. The Morgan fingerprint density at radius 3 is 1.57 bits per heavy atom. The Kier molecular flexibility index (Phi) is 3.41.